The Morgan fingerprint density at radius 2 is 2.12 bits per heavy atom. The third-order valence-electron chi connectivity index (χ3n) is 3.43. The standard InChI is InChI=1S/C14H20BrN/c1-11-7-13(9-14(15)8-11)10-16-6-4-3-5-12(16)2/h7-9,12H,3-6,10H2,1-2H3. The molecule has 0 spiro atoms. The van der Waals surface area contributed by atoms with Crippen molar-refractivity contribution < 1.29 is 0 Å². The van der Waals surface area contributed by atoms with Crippen molar-refractivity contribution in [2.75, 3.05) is 6.54 Å². The summed E-state index contributed by atoms with van der Waals surface area (Å²) in [5.41, 5.74) is 2.77. The molecular formula is C14H20BrN. The maximum Gasteiger partial charge on any atom is 0.0237 e. The minimum Gasteiger partial charge on any atom is -0.296 e. The average Bonchev–Trinajstić information content (AvgIpc) is 2.20. The van der Waals surface area contributed by atoms with Gasteiger partial charge in [0.05, 0.1) is 0 Å². The van der Waals surface area contributed by atoms with Crippen molar-refractivity contribution in [2.24, 2.45) is 0 Å². The summed E-state index contributed by atoms with van der Waals surface area (Å²) in [5, 5.41) is 0. The van der Waals surface area contributed by atoms with Crippen LogP contribution < -0.4 is 0 Å². The van der Waals surface area contributed by atoms with Crippen molar-refractivity contribution in [1.29, 1.82) is 0 Å². The van der Waals surface area contributed by atoms with Gasteiger partial charge in [-0.3, -0.25) is 4.90 Å². The first-order valence-electron chi connectivity index (χ1n) is 6.15. The maximum atomic E-state index is 3.57. The number of likely N-dealkylation sites (tertiary alicyclic amines) is 1. The zero-order chi connectivity index (χ0) is 11.5. The summed E-state index contributed by atoms with van der Waals surface area (Å²) in [7, 11) is 0. The highest BCUT2D eigenvalue weighted by Crippen LogP contribution is 2.21. The molecule has 1 heterocycles. The molecule has 88 valence electrons. The van der Waals surface area contributed by atoms with Crippen molar-refractivity contribution in [3.05, 3.63) is 33.8 Å². The number of hydrogen-bond acceptors (Lipinski definition) is 1. The summed E-state index contributed by atoms with van der Waals surface area (Å²) in [6, 6.07) is 7.46. The molecule has 0 radical (unpaired) electrons. The van der Waals surface area contributed by atoms with Crippen LogP contribution in [0.2, 0.25) is 0 Å². The van der Waals surface area contributed by atoms with Crippen LogP contribution in [-0.2, 0) is 6.54 Å². The van der Waals surface area contributed by atoms with Gasteiger partial charge in [-0.2, -0.15) is 0 Å². The summed E-state index contributed by atoms with van der Waals surface area (Å²) >= 11 is 3.57. The fourth-order valence-corrected chi connectivity index (χ4v) is 3.19. The first kappa shape index (κ1) is 12.1. The van der Waals surface area contributed by atoms with Gasteiger partial charge in [-0.05, 0) is 56.5 Å². The van der Waals surface area contributed by atoms with Crippen LogP contribution in [0.3, 0.4) is 0 Å². The van der Waals surface area contributed by atoms with Gasteiger partial charge >= 0.3 is 0 Å². The fraction of sp³-hybridized carbons (Fsp3) is 0.571. The van der Waals surface area contributed by atoms with E-state index in [1.807, 2.05) is 0 Å². The molecule has 1 nitrogen and oxygen atoms in total. The van der Waals surface area contributed by atoms with Gasteiger partial charge in [0.1, 0.15) is 0 Å². The molecule has 16 heavy (non-hydrogen) atoms. The zero-order valence-electron chi connectivity index (χ0n) is 10.2. The minimum absolute atomic E-state index is 0.744. The molecule has 0 aliphatic carbocycles. The predicted octanol–water partition coefficient (Wildman–Crippen LogP) is 4.13. The number of piperidine rings is 1. The van der Waals surface area contributed by atoms with Gasteiger partial charge in [0.2, 0.25) is 0 Å². The van der Waals surface area contributed by atoms with E-state index < -0.39 is 0 Å². The van der Waals surface area contributed by atoms with Crippen LogP contribution >= 0.6 is 15.9 Å². The number of aryl methyl sites for hydroxylation is 1. The van der Waals surface area contributed by atoms with Crippen LogP contribution in [0.5, 0.6) is 0 Å². The van der Waals surface area contributed by atoms with E-state index in [0.29, 0.717) is 0 Å². The Morgan fingerprint density at radius 1 is 1.31 bits per heavy atom. The molecular weight excluding hydrogens is 262 g/mol. The smallest absolute Gasteiger partial charge is 0.0237 e. The number of hydrogen-bond donors (Lipinski definition) is 0. The van der Waals surface area contributed by atoms with E-state index in [9.17, 15) is 0 Å². The van der Waals surface area contributed by atoms with Crippen LogP contribution in [-0.4, -0.2) is 17.5 Å². The van der Waals surface area contributed by atoms with E-state index in [2.05, 4.69) is 52.9 Å². The number of benzene rings is 1. The van der Waals surface area contributed by atoms with Crippen LogP contribution in [0, 0.1) is 6.92 Å². The molecule has 0 N–H and O–H groups in total. The zero-order valence-corrected chi connectivity index (χ0v) is 11.8. The van der Waals surface area contributed by atoms with Crippen molar-refractivity contribution in [1.82, 2.24) is 4.90 Å². The molecule has 0 amide bonds. The third kappa shape index (κ3) is 3.08. The molecule has 1 aliphatic rings. The number of halogens is 1. The van der Waals surface area contributed by atoms with Crippen LogP contribution in [0.1, 0.15) is 37.3 Å². The second-order valence-electron chi connectivity index (χ2n) is 4.95. The highest BCUT2D eigenvalue weighted by molar-refractivity contribution is 9.10. The minimum atomic E-state index is 0.744. The third-order valence-corrected chi connectivity index (χ3v) is 3.89. The quantitative estimate of drug-likeness (QED) is 0.788. The molecule has 0 saturated carbocycles. The maximum absolute atomic E-state index is 3.57. The lowest BCUT2D eigenvalue weighted by atomic mass is 10.0. The number of rotatable bonds is 2. The lowest BCUT2D eigenvalue weighted by Gasteiger charge is -2.33. The van der Waals surface area contributed by atoms with Crippen molar-refractivity contribution in [3.63, 3.8) is 0 Å². The summed E-state index contributed by atoms with van der Waals surface area (Å²) < 4.78 is 1.20. The van der Waals surface area contributed by atoms with E-state index in [-0.39, 0.29) is 0 Å². The summed E-state index contributed by atoms with van der Waals surface area (Å²) in [6.07, 6.45) is 4.11. The van der Waals surface area contributed by atoms with Crippen molar-refractivity contribution >= 4 is 15.9 Å². The summed E-state index contributed by atoms with van der Waals surface area (Å²) in [4.78, 5) is 2.60. The van der Waals surface area contributed by atoms with Crippen molar-refractivity contribution in [3.8, 4) is 0 Å². The van der Waals surface area contributed by atoms with Crippen LogP contribution in [0.25, 0.3) is 0 Å². The van der Waals surface area contributed by atoms with E-state index in [4.69, 9.17) is 0 Å². The Kier molecular flexibility index (Phi) is 4.04. The monoisotopic (exact) mass is 281 g/mol. The Hall–Kier alpha value is -0.340. The molecule has 0 bridgehead atoms. The van der Waals surface area contributed by atoms with Crippen LogP contribution in [0.4, 0.5) is 0 Å². The molecule has 2 heteroatoms. The van der Waals surface area contributed by atoms with E-state index in [0.717, 1.165) is 12.6 Å². The van der Waals surface area contributed by atoms with E-state index in [1.54, 1.807) is 0 Å². The summed E-state index contributed by atoms with van der Waals surface area (Å²) in [6.45, 7) is 6.87. The summed E-state index contributed by atoms with van der Waals surface area (Å²) in [5.74, 6) is 0. The van der Waals surface area contributed by atoms with E-state index in [1.165, 1.54) is 41.4 Å². The normalized spacial score (nSPS) is 22.3. The van der Waals surface area contributed by atoms with Gasteiger partial charge in [0.15, 0.2) is 0 Å². The molecule has 1 fully saturated rings. The molecule has 1 aliphatic heterocycles. The molecule has 0 aromatic heterocycles. The van der Waals surface area contributed by atoms with Gasteiger partial charge in [-0.15, -0.1) is 0 Å². The highest BCUT2D eigenvalue weighted by Gasteiger charge is 2.18. The second-order valence-corrected chi connectivity index (χ2v) is 5.87. The molecule has 1 aromatic carbocycles. The van der Waals surface area contributed by atoms with Gasteiger partial charge in [-0.1, -0.05) is 28.4 Å². The Morgan fingerprint density at radius 3 is 2.81 bits per heavy atom. The largest absolute Gasteiger partial charge is 0.296 e. The van der Waals surface area contributed by atoms with E-state index >= 15 is 0 Å². The van der Waals surface area contributed by atoms with Crippen LogP contribution in [0.15, 0.2) is 22.7 Å². The second kappa shape index (κ2) is 5.33. The molecule has 2 rings (SSSR count). The predicted molar refractivity (Wildman–Crippen MR) is 72.6 cm³/mol. The lowest BCUT2D eigenvalue weighted by molar-refractivity contribution is 0.152. The Balaban J connectivity index is 2.07. The SMILES string of the molecule is Cc1cc(Br)cc(CN2CCCCC2C)c1. The first-order valence-corrected chi connectivity index (χ1v) is 6.94. The van der Waals surface area contributed by atoms with Crippen molar-refractivity contribution in [2.45, 2.75) is 45.7 Å². The molecule has 1 saturated heterocycles. The first-order chi connectivity index (χ1) is 7.65. The topological polar surface area (TPSA) is 3.24 Å². The van der Waals surface area contributed by atoms with Gasteiger partial charge < -0.3 is 0 Å². The fourth-order valence-electron chi connectivity index (χ4n) is 2.53. The number of nitrogens with zero attached hydrogens (tertiary/aromatic N) is 1. The molecule has 1 atom stereocenters. The molecule has 1 aromatic rings. The highest BCUT2D eigenvalue weighted by atomic mass is 79.9. The van der Waals surface area contributed by atoms with Gasteiger partial charge in [-0.25, -0.2) is 0 Å². The average molecular weight is 282 g/mol. The Labute approximate surface area is 107 Å². The molecule has 1 unspecified atom stereocenters. The lowest BCUT2D eigenvalue weighted by Crippen LogP contribution is -2.36. The van der Waals surface area contributed by atoms with Gasteiger partial charge in [0.25, 0.3) is 0 Å². The van der Waals surface area contributed by atoms with Gasteiger partial charge in [0, 0.05) is 17.1 Å². The Bertz CT molecular complexity index is 342.